The SMILES string of the molecule is CC(CCCNC(C)(C)C)N1CCC2CCC(C1)N2C. The lowest BCUT2D eigenvalue weighted by atomic mass is 10.0. The summed E-state index contributed by atoms with van der Waals surface area (Å²) < 4.78 is 0. The minimum absolute atomic E-state index is 0.258. The standard InChI is InChI=1S/C17H35N3/c1-14(7-6-11-18-17(2,3)4)20-12-10-15-8-9-16(13-20)19(15)5/h14-16,18H,6-13H2,1-5H3. The second-order valence-corrected chi connectivity index (χ2v) is 8.00. The highest BCUT2D eigenvalue weighted by atomic mass is 15.3. The highest BCUT2D eigenvalue weighted by Crippen LogP contribution is 2.29. The van der Waals surface area contributed by atoms with Gasteiger partial charge in [-0.15, -0.1) is 0 Å². The summed E-state index contributed by atoms with van der Waals surface area (Å²) in [6.45, 7) is 12.9. The van der Waals surface area contributed by atoms with E-state index in [4.69, 9.17) is 0 Å². The van der Waals surface area contributed by atoms with Gasteiger partial charge < -0.3 is 5.32 Å². The van der Waals surface area contributed by atoms with Crippen LogP contribution < -0.4 is 5.32 Å². The summed E-state index contributed by atoms with van der Waals surface area (Å²) in [4.78, 5) is 5.39. The maximum Gasteiger partial charge on any atom is 0.0223 e. The molecular formula is C17H35N3. The minimum atomic E-state index is 0.258. The number of fused-ring (bicyclic) bond motifs is 2. The fraction of sp³-hybridized carbons (Fsp3) is 1.00. The molecule has 3 heteroatoms. The van der Waals surface area contributed by atoms with Crippen LogP contribution in [0.5, 0.6) is 0 Å². The lowest BCUT2D eigenvalue weighted by Crippen LogP contribution is -2.41. The summed E-state index contributed by atoms with van der Waals surface area (Å²) in [6.07, 6.45) is 6.83. The van der Waals surface area contributed by atoms with Crippen LogP contribution in [0, 0.1) is 0 Å². The number of hydrogen-bond donors (Lipinski definition) is 1. The Bertz CT molecular complexity index is 297. The molecule has 1 N–H and O–H groups in total. The van der Waals surface area contributed by atoms with Gasteiger partial charge in [0.15, 0.2) is 0 Å². The molecule has 2 rings (SSSR count). The maximum atomic E-state index is 3.60. The van der Waals surface area contributed by atoms with E-state index in [2.05, 4.69) is 49.9 Å². The first-order chi connectivity index (χ1) is 9.37. The van der Waals surface area contributed by atoms with Crippen LogP contribution in [0.25, 0.3) is 0 Å². The maximum absolute atomic E-state index is 3.60. The molecule has 2 heterocycles. The summed E-state index contributed by atoms with van der Waals surface area (Å²) in [7, 11) is 2.34. The first-order valence-corrected chi connectivity index (χ1v) is 8.58. The van der Waals surface area contributed by atoms with Crippen molar-refractivity contribution in [2.45, 2.75) is 83.5 Å². The average Bonchev–Trinajstić information content (AvgIpc) is 2.57. The van der Waals surface area contributed by atoms with Gasteiger partial charge in [-0.25, -0.2) is 0 Å². The zero-order valence-electron chi connectivity index (χ0n) is 14.3. The number of hydrogen-bond acceptors (Lipinski definition) is 3. The quantitative estimate of drug-likeness (QED) is 0.782. The molecule has 0 aromatic carbocycles. The van der Waals surface area contributed by atoms with E-state index in [-0.39, 0.29) is 5.54 Å². The molecule has 2 aliphatic heterocycles. The first kappa shape index (κ1) is 16.3. The Morgan fingerprint density at radius 2 is 1.85 bits per heavy atom. The van der Waals surface area contributed by atoms with E-state index in [0.717, 1.165) is 24.7 Å². The lowest BCUT2D eigenvalue weighted by Gasteiger charge is -2.31. The van der Waals surface area contributed by atoms with Crippen LogP contribution in [0.3, 0.4) is 0 Å². The smallest absolute Gasteiger partial charge is 0.0223 e. The number of rotatable bonds is 5. The van der Waals surface area contributed by atoms with Crippen LogP contribution in [-0.4, -0.2) is 60.1 Å². The van der Waals surface area contributed by atoms with Gasteiger partial charge in [-0.3, -0.25) is 9.80 Å². The largest absolute Gasteiger partial charge is 0.312 e. The summed E-state index contributed by atoms with van der Waals surface area (Å²) in [6, 6.07) is 2.42. The molecule has 0 aromatic heterocycles. The molecule has 2 bridgehead atoms. The Balaban J connectivity index is 1.71. The average molecular weight is 281 g/mol. The van der Waals surface area contributed by atoms with Gasteiger partial charge in [-0.1, -0.05) is 0 Å². The van der Waals surface area contributed by atoms with Gasteiger partial charge in [0, 0.05) is 30.2 Å². The van der Waals surface area contributed by atoms with Crippen molar-refractivity contribution in [3.8, 4) is 0 Å². The molecule has 3 unspecified atom stereocenters. The van der Waals surface area contributed by atoms with Gasteiger partial charge in [-0.05, 0) is 79.9 Å². The molecule has 2 aliphatic rings. The first-order valence-electron chi connectivity index (χ1n) is 8.58. The second kappa shape index (κ2) is 6.76. The molecule has 0 amide bonds. The van der Waals surface area contributed by atoms with Gasteiger partial charge in [0.2, 0.25) is 0 Å². The van der Waals surface area contributed by atoms with Crippen molar-refractivity contribution < 1.29 is 0 Å². The Morgan fingerprint density at radius 1 is 1.15 bits per heavy atom. The zero-order chi connectivity index (χ0) is 14.8. The monoisotopic (exact) mass is 281 g/mol. The Kier molecular flexibility index (Phi) is 5.49. The van der Waals surface area contributed by atoms with E-state index in [1.54, 1.807) is 0 Å². The number of nitrogens with zero attached hydrogens (tertiary/aromatic N) is 2. The molecule has 20 heavy (non-hydrogen) atoms. The number of likely N-dealkylation sites (N-methyl/N-ethyl adjacent to an activating group) is 1. The Labute approximate surface area is 126 Å². The summed E-state index contributed by atoms with van der Waals surface area (Å²) >= 11 is 0. The van der Waals surface area contributed by atoms with E-state index < -0.39 is 0 Å². The fourth-order valence-corrected chi connectivity index (χ4v) is 3.78. The minimum Gasteiger partial charge on any atom is -0.312 e. The topological polar surface area (TPSA) is 18.5 Å². The van der Waals surface area contributed by atoms with Crippen molar-refractivity contribution in [1.29, 1.82) is 0 Å². The second-order valence-electron chi connectivity index (χ2n) is 8.00. The molecule has 2 fully saturated rings. The molecular weight excluding hydrogens is 246 g/mol. The summed E-state index contributed by atoms with van der Waals surface area (Å²) in [5, 5.41) is 3.60. The molecule has 3 atom stereocenters. The molecule has 2 saturated heterocycles. The van der Waals surface area contributed by atoms with Crippen molar-refractivity contribution >= 4 is 0 Å². The predicted molar refractivity (Wildman–Crippen MR) is 87.2 cm³/mol. The van der Waals surface area contributed by atoms with Crippen molar-refractivity contribution in [3.05, 3.63) is 0 Å². The Hall–Kier alpha value is -0.120. The normalized spacial score (nSPS) is 30.4. The number of likely N-dealkylation sites (tertiary alicyclic amines) is 1. The van der Waals surface area contributed by atoms with E-state index >= 15 is 0 Å². The van der Waals surface area contributed by atoms with E-state index in [9.17, 15) is 0 Å². The van der Waals surface area contributed by atoms with E-state index in [0.29, 0.717) is 0 Å². The van der Waals surface area contributed by atoms with Crippen LogP contribution in [0.4, 0.5) is 0 Å². The molecule has 0 radical (unpaired) electrons. The highest BCUT2D eigenvalue weighted by Gasteiger charge is 2.35. The van der Waals surface area contributed by atoms with Crippen molar-refractivity contribution in [2.75, 3.05) is 26.7 Å². The molecule has 0 saturated carbocycles. The van der Waals surface area contributed by atoms with Crippen molar-refractivity contribution in [2.24, 2.45) is 0 Å². The van der Waals surface area contributed by atoms with Gasteiger partial charge in [0.05, 0.1) is 0 Å². The van der Waals surface area contributed by atoms with Crippen LogP contribution >= 0.6 is 0 Å². The molecule has 3 nitrogen and oxygen atoms in total. The Morgan fingerprint density at radius 3 is 2.55 bits per heavy atom. The van der Waals surface area contributed by atoms with Crippen LogP contribution in [0.15, 0.2) is 0 Å². The van der Waals surface area contributed by atoms with Gasteiger partial charge in [0.25, 0.3) is 0 Å². The van der Waals surface area contributed by atoms with E-state index in [1.807, 2.05) is 0 Å². The third-order valence-corrected chi connectivity index (χ3v) is 5.26. The summed E-state index contributed by atoms with van der Waals surface area (Å²) in [5.41, 5.74) is 0.258. The number of nitrogens with one attached hydrogen (secondary N) is 1. The van der Waals surface area contributed by atoms with Crippen molar-refractivity contribution in [3.63, 3.8) is 0 Å². The molecule has 0 aliphatic carbocycles. The van der Waals surface area contributed by atoms with Gasteiger partial charge in [0.1, 0.15) is 0 Å². The van der Waals surface area contributed by atoms with Crippen molar-refractivity contribution in [1.82, 2.24) is 15.1 Å². The van der Waals surface area contributed by atoms with E-state index in [1.165, 1.54) is 45.2 Å². The predicted octanol–water partition coefficient (Wildman–Crippen LogP) is 2.71. The fourth-order valence-electron chi connectivity index (χ4n) is 3.78. The zero-order valence-corrected chi connectivity index (χ0v) is 14.3. The lowest BCUT2D eigenvalue weighted by molar-refractivity contribution is 0.171. The molecule has 0 aromatic rings. The van der Waals surface area contributed by atoms with Gasteiger partial charge in [-0.2, -0.15) is 0 Å². The summed E-state index contributed by atoms with van der Waals surface area (Å²) in [5.74, 6) is 0. The third-order valence-electron chi connectivity index (χ3n) is 5.26. The molecule has 118 valence electrons. The van der Waals surface area contributed by atoms with Crippen LogP contribution in [0.1, 0.15) is 59.8 Å². The van der Waals surface area contributed by atoms with Crippen LogP contribution in [0.2, 0.25) is 0 Å². The van der Waals surface area contributed by atoms with Crippen LogP contribution in [-0.2, 0) is 0 Å². The highest BCUT2D eigenvalue weighted by molar-refractivity contribution is 4.92. The van der Waals surface area contributed by atoms with Gasteiger partial charge >= 0.3 is 0 Å². The third kappa shape index (κ3) is 4.44. The molecule has 0 spiro atoms.